The predicted molar refractivity (Wildman–Crippen MR) is 168 cm³/mol. The van der Waals surface area contributed by atoms with Crippen LogP contribution in [0.15, 0.2) is 11.6 Å². The van der Waals surface area contributed by atoms with Gasteiger partial charge in [0, 0.05) is 11.3 Å². The van der Waals surface area contributed by atoms with Crippen LogP contribution in [0.2, 0.25) is 0 Å². The maximum atomic E-state index is 14.5. The molecule has 0 aromatic rings. The van der Waals surface area contributed by atoms with Gasteiger partial charge in [0.15, 0.2) is 0 Å². The first-order valence-corrected chi connectivity index (χ1v) is 17.6. The first-order chi connectivity index (χ1) is 21.4. The second-order valence-corrected chi connectivity index (χ2v) is 17.4. The van der Waals surface area contributed by atoms with Gasteiger partial charge in [0.2, 0.25) is 6.29 Å². The second-order valence-electron chi connectivity index (χ2n) is 17.4. The zero-order chi connectivity index (χ0) is 33.8. The van der Waals surface area contributed by atoms with E-state index >= 15 is 0 Å². The number of hydrogen-bond donors (Lipinski definition) is 7. The molecule has 5 aliphatic carbocycles. The molecule has 4 saturated carbocycles. The molecule has 7 N–H and O–H groups in total. The van der Waals surface area contributed by atoms with Crippen LogP contribution in [-0.2, 0) is 14.3 Å². The summed E-state index contributed by atoms with van der Waals surface area (Å²) < 4.78 is 11.5. The van der Waals surface area contributed by atoms with Crippen molar-refractivity contribution in [3.05, 3.63) is 11.6 Å². The van der Waals surface area contributed by atoms with E-state index in [-0.39, 0.29) is 34.7 Å². The van der Waals surface area contributed by atoms with Gasteiger partial charge in [0.25, 0.3) is 0 Å². The fourth-order valence-electron chi connectivity index (χ4n) is 12.3. The monoisotopic (exact) mass is 650 g/mol. The van der Waals surface area contributed by atoms with Crippen molar-refractivity contribution in [2.45, 2.75) is 142 Å². The molecule has 5 fully saturated rings. The van der Waals surface area contributed by atoms with Gasteiger partial charge in [-0.3, -0.25) is 4.79 Å². The smallest absolute Gasteiger partial charge is 0.315 e. The molecule has 46 heavy (non-hydrogen) atoms. The van der Waals surface area contributed by atoms with Crippen molar-refractivity contribution in [2.75, 3.05) is 13.2 Å². The van der Waals surface area contributed by atoms with Gasteiger partial charge in [-0.25, -0.2) is 0 Å². The average Bonchev–Trinajstić information content (AvgIpc) is 3.01. The predicted octanol–water partition coefficient (Wildman–Crippen LogP) is 2.44. The van der Waals surface area contributed by atoms with Crippen molar-refractivity contribution in [3.63, 3.8) is 0 Å². The van der Waals surface area contributed by atoms with Gasteiger partial charge >= 0.3 is 5.97 Å². The summed E-state index contributed by atoms with van der Waals surface area (Å²) in [7, 11) is 0. The maximum absolute atomic E-state index is 14.5. The molecule has 0 radical (unpaired) electrons. The largest absolute Gasteiger partial charge is 0.432 e. The van der Waals surface area contributed by atoms with E-state index in [1.54, 1.807) is 0 Å². The zero-order valence-electron chi connectivity index (χ0n) is 28.5. The molecule has 0 spiro atoms. The van der Waals surface area contributed by atoms with Gasteiger partial charge in [0.1, 0.15) is 24.4 Å². The molecule has 0 aromatic heterocycles. The van der Waals surface area contributed by atoms with Gasteiger partial charge < -0.3 is 45.2 Å². The molecule has 1 aliphatic heterocycles. The third-order valence-electron chi connectivity index (χ3n) is 15.7. The van der Waals surface area contributed by atoms with Crippen molar-refractivity contribution in [3.8, 4) is 0 Å². The van der Waals surface area contributed by atoms with E-state index in [4.69, 9.17) is 9.47 Å². The molecule has 1 heterocycles. The number of rotatable bonds is 4. The number of allylic oxidation sites excluding steroid dienone is 1. The summed E-state index contributed by atoms with van der Waals surface area (Å²) >= 11 is 0. The lowest BCUT2D eigenvalue weighted by molar-refractivity contribution is -0.299. The fraction of sp³-hybridized carbons (Fsp3) is 0.917. The number of hydrogen-bond acceptors (Lipinski definition) is 10. The lowest BCUT2D eigenvalue weighted by Gasteiger charge is -2.72. The van der Waals surface area contributed by atoms with Crippen LogP contribution in [0.4, 0.5) is 0 Å². The highest BCUT2D eigenvalue weighted by molar-refractivity contribution is 5.79. The summed E-state index contributed by atoms with van der Waals surface area (Å²) in [4.78, 5) is 14.5. The Bertz CT molecular complexity index is 1240. The van der Waals surface area contributed by atoms with Gasteiger partial charge in [-0.15, -0.1) is 0 Å². The van der Waals surface area contributed by atoms with Crippen molar-refractivity contribution in [1.82, 2.24) is 0 Å². The molecule has 6 aliphatic rings. The van der Waals surface area contributed by atoms with Gasteiger partial charge in [0.05, 0.1) is 30.3 Å². The topological polar surface area (TPSA) is 177 Å². The average molecular weight is 651 g/mol. The Labute approximate surface area is 273 Å². The van der Waals surface area contributed by atoms with E-state index in [2.05, 4.69) is 26.8 Å². The number of fused-ring (bicyclic) bond motifs is 7. The molecule has 10 heteroatoms. The lowest BCUT2D eigenvalue weighted by Crippen LogP contribution is -2.68. The number of carbonyl (C=O) groups is 1. The highest BCUT2D eigenvalue weighted by Gasteiger charge is 2.72. The molecule has 0 aromatic carbocycles. The third kappa shape index (κ3) is 4.39. The molecule has 0 bridgehead atoms. The Hall–Kier alpha value is -1.11. The van der Waals surface area contributed by atoms with Crippen LogP contribution in [-0.4, -0.2) is 97.3 Å². The standard InChI is InChI=1S/C36H58O10/c1-19-9-14-36(30(43)46-29-27(42)26(41)25(40)21(17-37)45-29)16-15-33(4)20(28(36)35(19,6)44)7-8-23-31(2)12-11-24(39)32(3,18-38)22(31)10-13-34(23,33)5/h7,19,21-29,37-42,44H,8-18H2,1-6H3/t19-,21+,22-,23-,24+,25+,26-,27+,28-,29-,31+,32-,33-,34-,35-,36+/m1/s1. The van der Waals surface area contributed by atoms with Crippen LogP contribution >= 0.6 is 0 Å². The minimum absolute atomic E-state index is 0.0435. The van der Waals surface area contributed by atoms with Crippen LogP contribution < -0.4 is 0 Å². The van der Waals surface area contributed by atoms with Crippen molar-refractivity contribution >= 4 is 5.97 Å². The molecule has 10 nitrogen and oxygen atoms in total. The van der Waals surface area contributed by atoms with Crippen molar-refractivity contribution in [1.29, 1.82) is 0 Å². The van der Waals surface area contributed by atoms with Crippen LogP contribution in [0.3, 0.4) is 0 Å². The van der Waals surface area contributed by atoms with Gasteiger partial charge in [-0.2, -0.15) is 0 Å². The van der Waals surface area contributed by atoms with Crippen molar-refractivity contribution < 1.29 is 50.0 Å². The number of aliphatic hydroxyl groups excluding tert-OH is 6. The van der Waals surface area contributed by atoms with Crippen LogP contribution in [0.1, 0.15) is 99.3 Å². The van der Waals surface area contributed by atoms with E-state index in [1.165, 1.54) is 0 Å². The molecule has 6 rings (SSSR count). The summed E-state index contributed by atoms with van der Waals surface area (Å²) in [5.41, 5.74) is -2.34. The minimum atomic E-state index is -1.70. The molecule has 0 amide bonds. The Morgan fingerprint density at radius 2 is 1.59 bits per heavy atom. The van der Waals surface area contributed by atoms with Crippen LogP contribution in [0.5, 0.6) is 0 Å². The molecule has 0 unspecified atom stereocenters. The number of aliphatic hydroxyl groups is 7. The Morgan fingerprint density at radius 1 is 0.891 bits per heavy atom. The van der Waals surface area contributed by atoms with Crippen LogP contribution in [0.25, 0.3) is 0 Å². The van der Waals surface area contributed by atoms with Crippen LogP contribution in [0, 0.1) is 50.7 Å². The summed E-state index contributed by atoms with van der Waals surface area (Å²) in [6, 6.07) is 0. The lowest BCUT2D eigenvalue weighted by atomic mass is 9.33. The summed E-state index contributed by atoms with van der Waals surface area (Å²) in [5.74, 6) is -0.749. The first kappa shape index (κ1) is 34.7. The highest BCUT2D eigenvalue weighted by atomic mass is 16.7. The fourth-order valence-corrected chi connectivity index (χ4v) is 12.3. The Morgan fingerprint density at radius 3 is 2.24 bits per heavy atom. The van der Waals surface area contributed by atoms with E-state index < -0.39 is 71.7 Å². The van der Waals surface area contributed by atoms with Gasteiger partial charge in [-0.05, 0) is 98.7 Å². The SMILES string of the molecule is C[C@@H]1CC[C@]2(C(=O)O[C@H]3O[C@@H](CO)[C@H](O)[C@@H](O)[C@@H]3O)CC[C@]3(C)C(=CC[C@@H]4[C@@]5(C)CC[C@H](O)[C@](C)(CO)[C@@H]5CC[C@]43C)[C@@H]2[C@]1(C)O. The Kier molecular flexibility index (Phi) is 8.46. The third-order valence-corrected chi connectivity index (χ3v) is 15.7. The molecule has 16 atom stereocenters. The molecule has 1 saturated heterocycles. The summed E-state index contributed by atoms with van der Waals surface area (Å²) in [6.07, 6.45) is 0.492. The van der Waals surface area contributed by atoms with E-state index in [1.807, 2.05) is 20.8 Å². The quantitative estimate of drug-likeness (QED) is 0.177. The zero-order valence-corrected chi connectivity index (χ0v) is 28.5. The summed E-state index contributed by atoms with van der Waals surface area (Å²) in [5, 5.41) is 75.0. The maximum Gasteiger partial charge on any atom is 0.315 e. The second kappa shape index (κ2) is 11.2. The normalized spacial score (nSPS) is 56.8. The Balaban J connectivity index is 1.39. The molecular formula is C36H58O10. The van der Waals surface area contributed by atoms with E-state index in [0.29, 0.717) is 38.0 Å². The van der Waals surface area contributed by atoms with Crippen molar-refractivity contribution in [2.24, 2.45) is 50.7 Å². The van der Waals surface area contributed by atoms with E-state index in [0.717, 1.165) is 31.3 Å². The number of ether oxygens (including phenoxy) is 2. The van der Waals surface area contributed by atoms with Gasteiger partial charge in [-0.1, -0.05) is 46.3 Å². The highest BCUT2D eigenvalue weighted by Crippen LogP contribution is 2.76. The van der Waals surface area contributed by atoms with E-state index in [9.17, 15) is 40.5 Å². The molecular weight excluding hydrogens is 592 g/mol. The summed E-state index contributed by atoms with van der Waals surface area (Å²) in [6.45, 7) is 12.3. The molecule has 262 valence electrons. The number of carbonyl (C=O) groups excluding carboxylic acids is 1. The number of esters is 1. The first-order valence-electron chi connectivity index (χ1n) is 17.6. The minimum Gasteiger partial charge on any atom is -0.432 e.